The average molecular weight is 367 g/mol. The Morgan fingerprint density at radius 3 is 2.19 bits per heavy atom. The van der Waals surface area contributed by atoms with Crippen LogP contribution in [0.5, 0.6) is 0 Å². The van der Waals surface area contributed by atoms with E-state index in [1.54, 1.807) is 0 Å². The minimum atomic E-state index is -0.151. The van der Waals surface area contributed by atoms with Crippen LogP contribution in [-0.4, -0.2) is 29.8 Å². The molecule has 4 aliphatic carbocycles. The highest BCUT2D eigenvalue weighted by atomic mass is 16.2. The van der Waals surface area contributed by atoms with Crippen LogP contribution in [0.4, 0.5) is 5.69 Å². The highest BCUT2D eigenvalue weighted by Crippen LogP contribution is 2.60. The van der Waals surface area contributed by atoms with E-state index in [1.165, 1.54) is 25.7 Å². The lowest BCUT2D eigenvalue weighted by Gasteiger charge is -2.55. The van der Waals surface area contributed by atoms with Crippen molar-refractivity contribution in [2.75, 3.05) is 18.4 Å². The van der Waals surface area contributed by atoms with Gasteiger partial charge in [0.25, 0.3) is 5.91 Å². The van der Waals surface area contributed by atoms with Crippen LogP contribution in [-0.2, 0) is 4.79 Å². The summed E-state index contributed by atoms with van der Waals surface area (Å²) in [4.78, 5) is 28.0. The Hall–Kier alpha value is -1.84. The third-order valence-corrected chi connectivity index (χ3v) is 7.53. The van der Waals surface area contributed by atoms with Gasteiger partial charge in [0.1, 0.15) is 0 Å². The highest BCUT2D eigenvalue weighted by molar-refractivity contribution is 5.99. The number of hydrogen-bond donors (Lipinski definition) is 1. The quantitative estimate of drug-likeness (QED) is 0.858. The van der Waals surface area contributed by atoms with Crippen molar-refractivity contribution in [2.45, 2.75) is 57.8 Å². The molecule has 1 aromatic rings. The number of carbonyl (C=O) groups is 2. The van der Waals surface area contributed by atoms with Gasteiger partial charge in [-0.25, -0.2) is 0 Å². The monoisotopic (exact) mass is 366 g/mol. The van der Waals surface area contributed by atoms with Crippen LogP contribution >= 0.6 is 0 Å². The summed E-state index contributed by atoms with van der Waals surface area (Å²) in [5.74, 6) is 2.57. The van der Waals surface area contributed by atoms with E-state index in [4.69, 9.17) is 0 Å². The van der Waals surface area contributed by atoms with Crippen molar-refractivity contribution in [3.8, 4) is 0 Å². The molecule has 1 heterocycles. The molecule has 0 unspecified atom stereocenters. The van der Waals surface area contributed by atoms with Crippen LogP contribution in [0.1, 0.15) is 68.1 Å². The molecule has 6 rings (SSSR count). The molecule has 0 spiro atoms. The minimum Gasteiger partial charge on any atom is -0.339 e. The van der Waals surface area contributed by atoms with Gasteiger partial charge in [-0.1, -0.05) is 6.07 Å². The maximum Gasteiger partial charge on any atom is 0.253 e. The number of carbonyl (C=O) groups excluding carboxylic acids is 2. The second-order valence-corrected chi connectivity index (χ2v) is 9.59. The topological polar surface area (TPSA) is 49.4 Å². The molecule has 5 fully saturated rings. The molecule has 4 saturated carbocycles. The number of benzene rings is 1. The summed E-state index contributed by atoms with van der Waals surface area (Å²) in [5, 5.41) is 3.19. The zero-order valence-electron chi connectivity index (χ0n) is 16.1. The molecule has 1 saturated heterocycles. The first-order valence-corrected chi connectivity index (χ1v) is 10.8. The third-order valence-electron chi connectivity index (χ3n) is 7.53. The fourth-order valence-corrected chi connectivity index (χ4v) is 6.66. The molecule has 27 heavy (non-hydrogen) atoms. The van der Waals surface area contributed by atoms with Crippen LogP contribution in [0.3, 0.4) is 0 Å². The van der Waals surface area contributed by atoms with Gasteiger partial charge in [-0.2, -0.15) is 0 Å². The summed E-state index contributed by atoms with van der Waals surface area (Å²) in [6.07, 6.45) is 10.6. The predicted molar refractivity (Wildman–Crippen MR) is 105 cm³/mol. The van der Waals surface area contributed by atoms with Gasteiger partial charge < -0.3 is 10.2 Å². The van der Waals surface area contributed by atoms with Gasteiger partial charge in [0.15, 0.2) is 0 Å². The molecule has 2 amide bonds. The van der Waals surface area contributed by atoms with Crippen molar-refractivity contribution in [3.05, 3.63) is 29.8 Å². The van der Waals surface area contributed by atoms with Crippen LogP contribution < -0.4 is 5.32 Å². The Balaban J connectivity index is 1.31. The van der Waals surface area contributed by atoms with Crippen LogP contribution in [0.25, 0.3) is 0 Å². The van der Waals surface area contributed by atoms with E-state index in [0.29, 0.717) is 5.56 Å². The van der Waals surface area contributed by atoms with E-state index in [2.05, 4.69) is 5.32 Å². The van der Waals surface area contributed by atoms with Gasteiger partial charge in [0, 0.05) is 24.3 Å². The smallest absolute Gasteiger partial charge is 0.253 e. The van der Waals surface area contributed by atoms with Crippen molar-refractivity contribution < 1.29 is 9.59 Å². The van der Waals surface area contributed by atoms with Crippen LogP contribution in [0.15, 0.2) is 24.3 Å². The summed E-state index contributed by atoms with van der Waals surface area (Å²) in [6, 6.07) is 7.56. The molecular weight excluding hydrogens is 336 g/mol. The Morgan fingerprint density at radius 2 is 1.56 bits per heavy atom. The molecule has 4 bridgehead atoms. The summed E-state index contributed by atoms with van der Waals surface area (Å²) >= 11 is 0. The molecule has 0 radical (unpaired) electrons. The van der Waals surface area contributed by atoms with E-state index < -0.39 is 0 Å². The number of likely N-dealkylation sites (tertiary alicyclic amines) is 1. The van der Waals surface area contributed by atoms with Crippen molar-refractivity contribution in [1.82, 2.24) is 4.90 Å². The zero-order valence-corrected chi connectivity index (χ0v) is 16.1. The standard InChI is InChI=1S/C23H30N2O2/c26-21(25-7-2-1-3-8-25)19-5-4-6-20(12-19)24-22(27)23-13-16-9-17(14-23)11-18(10-16)15-23/h4-6,12,16-18H,1-3,7-11,13-15H2,(H,24,27). The van der Waals surface area contributed by atoms with Gasteiger partial charge in [0.05, 0.1) is 5.41 Å². The molecule has 1 aliphatic heterocycles. The second-order valence-electron chi connectivity index (χ2n) is 9.59. The first kappa shape index (κ1) is 17.3. The van der Waals surface area contributed by atoms with Gasteiger partial charge in [0.2, 0.25) is 5.91 Å². The summed E-state index contributed by atoms with van der Waals surface area (Å²) < 4.78 is 0. The van der Waals surface area contributed by atoms with Crippen LogP contribution in [0.2, 0.25) is 0 Å². The van der Waals surface area contributed by atoms with E-state index in [0.717, 1.165) is 68.6 Å². The molecule has 5 aliphatic rings. The first-order valence-electron chi connectivity index (χ1n) is 10.8. The van der Waals surface area contributed by atoms with Gasteiger partial charge >= 0.3 is 0 Å². The lowest BCUT2D eigenvalue weighted by molar-refractivity contribution is -0.140. The van der Waals surface area contributed by atoms with Crippen molar-refractivity contribution in [1.29, 1.82) is 0 Å². The molecule has 4 heteroatoms. The predicted octanol–water partition coefficient (Wildman–Crippen LogP) is 4.47. The summed E-state index contributed by atoms with van der Waals surface area (Å²) in [7, 11) is 0. The molecule has 1 N–H and O–H groups in total. The number of piperidine rings is 1. The molecule has 144 valence electrons. The minimum absolute atomic E-state index is 0.0978. The number of nitrogens with one attached hydrogen (secondary N) is 1. The van der Waals surface area contributed by atoms with Crippen molar-refractivity contribution >= 4 is 17.5 Å². The second kappa shape index (κ2) is 6.65. The number of nitrogens with zero attached hydrogens (tertiary/aromatic N) is 1. The Morgan fingerprint density at radius 1 is 0.926 bits per heavy atom. The van der Waals surface area contributed by atoms with Crippen LogP contribution in [0, 0.1) is 23.2 Å². The molecule has 4 nitrogen and oxygen atoms in total. The van der Waals surface area contributed by atoms with Gasteiger partial charge in [-0.3, -0.25) is 9.59 Å². The van der Waals surface area contributed by atoms with E-state index >= 15 is 0 Å². The zero-order chi connectivity index (χ0) is 18.4. The van der Waals surface area contributed by atoms with E-state index in [1.807, 2.05) is 29.2 Å². The summed E-state index contributed by atoms with van der Waals surface area (Å²) in [5.41, 5.74) is 1.32. The van der Waals surface area contributed by atoms with E-state index in [9.17, 15) is 9.59 Å². The average Bonchev–Trinajstić information content (AvgIpc) is 2.67. The third kappa shape index (κ3) is 3.17. The van der Waals surface area contributed by atoms with Gasteiger partial charge in [-0.05, 0) is 93.7 Å². The molecule has 1 aromatic carbocycles. The van der Waals surface area contributed by atoms with Gasteiger partial charge in [-0.15, -0.1) is 0 Å². The Kier molecular flexibility index (Phi) is 4.25. The SMILES string of the molecule is O=C(c1cccc(NC(=O)C23CC4CC(CC(C4)C2)C3)c1)N1CCCCC1. The van der Waals surface area contributed by atoms with E-state index in [-0.39, 0.29) is 17.2 Å². The normalized spacial score (nSPS) is 34.5. The Labute approximate surface area is 161 Å². The summed E-state index contributed by atoms with van der Waals surface area (Å²) in [6.45, 7) is 1.70. The highest BCUT2D eigenvalue weighted by Gasteiger charge is 2.54. The largest absolute Gasteiger partial charge is 0.339 e. The van der Waals surface area contributed by atoms with Crippen molar-refractivity contribution in [2.24, 2.45) is 23.2 Å². The Bertz CT molecular complexity index is 715. The van der Waals surface area contributed by atoms with Crippen molar-refractivity contribution in [3.63, 3.8) is 0 Å². The maximum absolute atomic E-state index is 13.2. The fraction of sp³-hybridized carbons (Fsp3) is 0.652. The lowest BCUT2D eigenvalue weighted by atomic mass is 9.49. The number of hydrogen-bond acceptors (Lipinski definition) is 2. The molecular formula is C23H30N2O2. The number of anilines is 1. The number of rotatable bonds is 3. The fourth-order valence-electron chi connectivity index (χ4n) is 6.66. The molecule has 0 aromatic heterocycles. The maximum atomic E-state index is 13.2. The number of amides is 2. The lowest BCUT2D eigenvalue weighted by Crippen LogP contribution is -2.51. The first-order chi connectivity index (χ1) is 13.1. The molecule has 0 atom stereocenters.